The van der Waals surface area contributed by atoms with Crippen LogP contribution in [0.1, 0.15) is 12.0 Å². The van der Waals surface area contributed by atoms with Gasteiger partial charge in [-0.15, -0.1) is 0 Å². The van der Waals surface area contributed by atoms with E-state index in [1.807, 2.05) is 6.92 Å². The molecule has 2 aromatic carbocycles. The van der Waals surface area contributed by atoms with Crippen LogP contribution in [0.3, 0.4) is 0 Å². The van der Waals surface area contributed by atoms with Gasteiger partial charge in [-0.1, -0.05) is 29.3 Å². The molecule has 0 aliphatic heterocycles. The highest BCUT2D eigenvalue weighted by Crippen LogP contribution is 2.15. The number of carbonyl (C=O) groups is 1. The Morgan fingerprint density at radius 1 is 1.05 bits per heavy atom. The number of anilines is 1. The molecule has 22 heavy (non-hydrogen) atoms. The van der Waals surface area contributed by atoms with Crippen molar-refractivity contribution >= 4 is 33.0 Å². The maximum atomic E-state index is 12.1. The third-order valence-corrected chi connectivity index (χ3v) is 5.09. The molecule has 0 atom stereocenters. The SMILES string of the molecule is Cc1ccc(S(=O)(=O)CCC(=O)Nc2ccc(Cl)cc2)cc1. The minimum absolute atomic E-state index is 0.0984. The third kappa shape index (κ3) is 4.58. The van der Waals surface area contributed by atoms with Gasteiger partial charge in [-0.3, -0.25) is 4.79 Å². The normalized spacial score (nSPS) is 11.2. The van der Waals surface area contributed by atoms with Crippen LogP contribution >= 0.6 is 11.6 Å². The van der Waals surface area contributed by atoms with E-state index in [1.165, 1.54) is 0 Å². The monoisotopic (exact) mass is 337 g/mol. The molecule has 1 amide bonds. The molecule has 0 bridgehead atoms. The number of hydrogen-bond acceptors (Lipinski definition) is 3. The Morgan fingerprint density at radius 3 is 2.23 bits per heavy atom. The molecular formula is C16H16ClNO3S. The van der Waals surface area contributed by atoms with Gasteiger partial charge >= 0.3 is 0 Å². The van der Waals surface area contributed by atoms with E-state index in [0.29, 0.717) is 10.7 Å². The molecular weight excluding hydrogens is 322 g/mol. The second-order valence-electron chi connectivity index (χ2n) is 4.94. The fourth-order valence-electron chi connectivity index (χ4n) is 1.85. The standard InChI is InChI=1S/C16H16ClNO3S/c1-12-2-8-15(9-3-12)22(20,21)11-10-16(19)18-14-6-4-13(17)5-7-14/h2-9H,10-11H2,1H3,(H,18,19). The van der Waals surface area contributed by atoms with Crippen LogP contribution in [-0.4, -0.2) is 20.1 Å². The zero-order valence-electron chi connectivity index (χ0n) is 12.0. The third-order valence-electron chi connectivity index (χ3n) is 3.11. The van der Waals surface area contributed by atoms with E-state index in [0.717, 1.165) is 5.56 Å². The first-order valence-electron chi connectivity index (χ1n) is 6.72. The number of halogens is 1. The summed E-state index contributed by atoms with van der Waals surface area (Å²) < 4.78 is 24.3. The molecule has 0 aliphatic rings. The van der Waals surface area contributed by atoms with Gasteiger partial charge < -0.3 is 5.32 Å². The number of benzene rings is 2. The van der Waals surface area contributed by atoms with E-state index < -0.39 is 9.84 Å². The molecule has 0 saturated heterocycles. The molecule has 0 radical (unpaired) electrons. The summed E-state index contributed by atoms with van der Waals surface area (Å²) >= 11 is 5.76. The summed E-state index contributed by atoms with van der Waals surface area (Å²) in [5.41, 5.74) is 1.57. The summed E-state index contributed by atoms with van der Waals surface area (Å²) in [5, 5.41) is 3.21. The molecule has 2 aromatic rings. The van der Waals surface area contributed by atoms with Crippen molar-refractivity contribution in [3.05, 3.63) is 59.1 Å². The molecule has 1 N–H and O–H groups in total. The first-order chi connectivity index (χ1) is 10.4. The van der Waals surface area contributed by atoms with E-state index in [2.05, 4.69) is 5.32 Å². The van der Waals surface area contributed by atoms with Crippen LogP contribution in [-0.2, 0) is 14.6 Å². The number of sulfone groups is 1. The zero-order chi connectivity index (χ0) is 16.2. The van der Waals surface area contributed by atoms with Crippen LogP contribution in [0.4, 0.5) is 5.69 Å². The summed E-state index contributed by atoms with van der Waals surface area (Å²) in [6, 6.07) is 13.2. The molecule has 0 aromatic heterocycles. The quantitative estimate of drug-likeness (QED) is 0.908. The molecule has 2 rings (SSSR count). The highest BCUT2D eigenvalue weighted by atomic mass is 35.5. The molecule has 0 saturated carbocycles. The van der Waals surface area contributed by atoms with Crippen molar-refractivity contribution in [1.29, 1.82) is 0 Å². The average Bonchev–Trinajstić information content (AvgIpc) is 2.48. The predicted molar refractivity (Wildman–Crippen MR) is 87.9 cm³/mol. The Bertz CT molecular complexity index is 753. The predicted octanol–water partition coefficient (Wildman–Crippen LogP) is 3.45. The van der Waals surface area contributed by atoms with Gasteiger partial charge in [0, 0.05) is 17.1 Å². The maximum absolute atomic E-state index is 12.1. The van der Waals surface area contributed by atoms with Crippen LogP contribution in [0.15, 0.2) is 53.4 Å². The first-order valence-corrected chi connectivity index (χ1v) is 8.75. The van der Waals surface area contributed by atoms with Gasteiger partial charge in [-0.05, 0) is 43.3 Å². The van der Waals surface area contributed by atoms with Gasteiger partial charge in [-0.25, -0.2) is 8.42 Å². The maximum Gasteiger partial charge on any atom is 0.225 e. The highest BCUT2D eigenvalue weighted by molar-refractivity contribution is 7.91. The van der Waals surface area contributed by atoms with Gasteiger partial charge in [0.25, 0.3) is 0 Å². The fourth-order valence-corrected chi connectivity index (χ4v) is 3.21. The molecule has 6 heteroatoms. The van der Waals surface area contributed by atoms with Gasteiger partial charge in [0.15, 0.2) is 9.84 Å². The van der Waals surface area contributed by atoms with Crippen LogP contribution in [0, 0.1) is 6.92 Å². The van der Waals surface area contributed by atoms with Gasteiger partial charge in [-0.2, -0.15) is 0 Å². The van der Waals surface area contributed by atoms with Crippen LogP contribution < -0.4 is 5.32 Å². The van der Waals surface area contributed by atoms with Crippen LogP contribution in [0.5, 0.6) is 0 Å². The lowest BCUT2D eigenvalue weighted by Gasteiger charge is -2.07. The van der Waals surface area contributed by atoms with Crippen molar-refractivity contribution in [3.8, 4) is 0 Å². The summed E-state index contributed by atoms with van der Waals surface area (Å²) in [6.07, 6.45) is -0.0984. The van der Waals surface area contributed by atoms with Crippen molar-refractivity contribution in [2.24, 2.45) is 0 Å². The van der Waals surface area contributed by atoms with Crippen LogP contribution in [0.2, 0.25) is 5.02 Å². The van der Waals surface area contributed by atoms with Crippen molar-refractivity contribution < 1.29 is 13.2 Å². The Hall–Kier alpha value is -1.85. The Morgan fingerprint density at radius 2 is 1.64 bits per heavy atom. The number of rotatable bonds is 5. The molecule has 0 heterocycles. The average molecular weight is 338 g/mol. The van der Waals surface area contributed by atoms with E-state index in [9.17, 15) is 13.2 Å². The Kier molecular flexibility index (Phi) is 5.21. The minimum Gasteiger partial charge on any atom is -0.326 e. The summed E-state index contributed by atoms with van der Waals surface area (Å²) in [4.78, 5) is 12.1. The van der Waals surface area contributed by atoms with Crippen molar-refractivity contribution in [2.45, 2.75) is 18.2 Å². The first kappa shape index (κ1) is 16.5. The summed E-state index contributed by atoms with van der Waals surface area (Å²) in [5.74, 6) is -0.576. The number of aryl methyl sites for hydroxylation is 1. The lowest BCUT2D eigenvalue weighted by molar-refractivity contribution is -0.115. The smallest absolute Gasteiger partial charge is 0.225 e. The topological polar surface area (TPSA) is 63.2 Å². The molecule has 116 valence electrons. The summed E-state index contributed by atoms with van der Waals surface area (Å²) in [6.45, 7) is 1.88. The Balaban J connectivity index is 1.95. The van der Waals surface area contributed by atoms with E-state index in [1.54, 1.807) is 48.5 Å². The van der Waals surface area contributed by atoms with E-state index in [4.69, 9.17) is 11.6 Å². The minimum atomic E-state index is -3.45. The van der Waals surface area contributed by atoms with Gasteiger partial charge in [0.05, 0.1) is 10.6 Å². The number of hydrogen-bond donors (Lipinski definition) is 1. The Labute approximate surface area is 135 Å². The summed E-state index contributed by atoms with van der Waals surface area (Å²) in [7, 11) is -3.45. The number of carbonyl (C=O) groups excluding carboxylic acids is 1. The number of nitrogens with one attached hydrogen (secondary N) is 1. The fraction of sp³-hybridized carbons (Fsp3) is 0.188. The lowest BCUT2D eigenvalue weighted by atomic mass is 10.2. The molecule has 4 nitrogen and oxygen atoms in total. The van der Waals surface area contributed by atoms with Gasteiger partial charge in [0.1, 0.15) is 0 Å². The van der Waals surface area contributed by atoms with Crippen molar-refractivity contribution in [2.75, 3.05) is 11.1 Å². The van der Waals surface area contributed by atoms with Crippen molar-refractivity contribution in [3.63, 3.8) is 0 Å². The van der Waals surface area contributed by atoms with Gasteiger partial charge in [0.2, 0.25) is 5.91 Å². The van der Waals surface area contributed by atoms with E-state index >= 15 is 0 Å². The molecule has 0 aliphatic carbocycles. The molecule has 0 fully saturated rings. The van der Waals surface area contributed by atoms with Crippen LogP contribution in [0.25, 0.3) is 0 Å². The largest absolute Gasteiger partial charge is 0.326 e. The van der Waals surface area contributed by atoms with Crippen molar-refractivity contribution in [1.82, 2.24) is 0 Å². The molecule has 0 unspecified atom stereocenters. The second-order valence-corrected chi connectivity index (χ2v) is 7.48. The lowest BCUT2D eigenvalue weighted by Crippen LogP contribution is -2.17. The second kappa shape index (κ2) is 6.94. The number of amides is 1. The van der Waals surface area contributed by atoms with E-state index in [-0.39, 0.29) is 23.0 Å². The zero-order valence-corrected chi connectivity index (χ0v) is 13.6. The molecule has 0 spiro atoms. The highest BCUT2D eigenvalue weighted by Gasteiger charge is 2.16.